The predicted octanol–water partition coefficient (Wildman–Crippen LogP) is 5.16. The van der Waals surface area contributed by atoms with Crippen LogP contribution in [0.1, 0.15) is 21.5 Å². The molecule has 1 amide bonds. The number of nitrogens with one attached hydrogen (secondary N) is 3. The van der Waals surface area contributed by atoms with E-state index in [1.54, 1.807) is 43.3 Å². The van der Waals surface area contributed by atoms with E-state index in [0.717, 1.165) is 5.56 Å². The normalized spacial score (nSPS) is 11.5. The number of carbonyl (C=O) groups excluding carboxylic acids is 1. The number of benzene rings is 4. The third kappa shape index (κ3) is 6.35. The van der Waals surface area contributed by atoms with E-state index in [2.05, 4.69) is 14.8 Å². The Morgan fingerprint density at radius 2 is 1.19 bits per heavy atom. The average Bonchev–Trinajstić information content (AvgIpc) is 2.87. The van der Waals surface area contributed by atoms with E-state index < -0.39 is 26.0 Å². The maximum absolute atomic E-state index is 12.8. The number of hydrogen-bond acceptors (Lipinski definition) is 5. The van der Waals surface area contributed by atoms with Gasteiger partial charge in [-0.15, -0.1) is 0 Å². The van der Waals surface area contributed by atoms with Gasteiger partial charge in [0.15, 0.2) is 0 Å². The topological polar surface area (TPSA) is 121 Å². The van der Waals surface area contributed by atoms with Crippen molar-refractivity contribution in [2.75, 3.05) is 14.8 Å². The molecule has 0 atom stereocenters. The van der Waals surface area contributed by atoms with Crippen molar-refractivity contribution in [2.45, 2.75) is 23.6 Å². The molecule has 0 aromatic heterocycles. The van der Waals surface area contributed by atoms with Crippen molar-refractivity contribution in [3.63, 3.8) is 0 Å². The van der Waals surface area contributed by atoms with Crippen molar-refractivity contribution in [2.24, 2.45) is 0 Å². The largest absolute Gasteiger partial charge is 0.322 e. The number of anilines is 3. The number of rotatable bonds is 8. The second kappa shape index (κ2) is 10.5. The summed E-state index contributed by atoms with van der Waals surface area (Å²) in [6.45, 7) is 3.61. The average molecular weight is 536 g/mol. The minimum absolute atomic E-state index is 0.0528. The second-order valence-electron chi connectivity index (χ2n) is 8.40. The first-order chi connectivity index (χ1) is 17.5. The van der Waals surface area contributed by atoms with Gasteiger partial charge < -0.3 is 5.32 Å². The molecule has 0 aliphatic heterocycles. The van der Waals surface area contributed by atoms with Crippen molar-refractivity contribution in [1.82, 2.24) is 0 Å². The van der Waals surface area contributed by atoms with Crippen LogP contribution in [-0.4, -0.2) is 22.7 Å². The Morgan fingerprint density at radius 1 is 0.622 bits per heavy atom. The van der Waals surface area contributed by atoms with Gasteiger partial charge in [0.25, 0.3) is 26.0 Å². The standard InChI is InChI=1S/C27H25N3O5S2/c1-19-8-11-23(12-9-19)29-36(32,33)25-15-13-22(14-16-25)28-27(31)21-10-17-26(20(2)18-21)30-37(34,35)24-6-4-3-5-7-24/h3-18,29-30H,1-2H3,(H,28,31). The maximum atomic E-state index is 12.8. The fourth-order valence-corrected chi connectivity index (χ4v) is 5.69. The van der Waals surface area contributed by atoms with Crippen molar-refractivity contribution < 1.29 is 21.6 Å². The maximum Gasteiger partial charge on any atom is 0.261 e. The molecular weight excluding hydrogens is 510 g/mol. The molecule has 0 spiro atoms. The zero-order valence-corrected chi connectivity index (χ0v) is 21.7. The summed E-state index contributed by atoms with van der Waals surface area (Å²) in [5.74, 6) is -0.422. The molecule has 37 heavy (non-hydrogen) atoms. The minimum atomic E-state index is -3.79. The Morgan fingerprint density at radius 3 is 1.81 bits per heavy atom. The smallest absolute Gasteiger partial charge is 0.261 e. The molecule has 0 heterocycles. The SMILES string of the molecule is Cc1ccc(NS(=O)(=O)c2ccc(NC(=O)c3ccc(NS(=O)(=O)c4ccccc4)c(C)c3)cc2)cc1. The van der Waals surface area contributed by atoms with Gasteiger partial charge in [0.1, 0.15) is 0 Å². The van der Waals surface area contributed by atoms with Crippen molar-refractivity contribution in [3.8, 4) is 0 Å². The lowest BCUT2D eigenvalue weighted by Crippen LogP contribution is -2.15. The fraction of sp³-hybridized carbons (Fsp3) is 0.0741. The van der Waals surface area contributed by atoms with Crippen LogP contribution in [0.5, 0.6) is 0 Å². The summed E-state index contributed by atoms with van der Waals surface area (Å²) in [5, 5.41) is 2.72. The zero-order chi connectivity index (χ0) is 26.6. The number of amides is 1. The van der Waals surface area contributed by atoms with Gasteiger partial charge in [-0.1, -0.05) is 35.9 Å². The summed E-state index contributed by atoms with van der Waals surface area (Å²) in [6.07, 6.45) is 0. The fourth-order valence-electron chi connectivity index (χ4n) is 3.48. The first-order valence-electron chi connectivity index (χ1n) is 11.2. The first-order valence-corrected chi connectivity index (χ1v) is 14.2. The van der Waals surface area contributed by atoms with Gasteiger partial charge in [0.2, 0.25) is 0 Å². The third-order valence-electron chi connectivity index (χ3n) is 5.51. The third-order valence-corrected chi connectivity index (χ3v) is 8.29. The number of aryl methyl sites for hydroxylation is 2. The Bertz CT molecular complexity index is 1640. The predicted molar refractivity (Wildman–Crippen MR) is 145 cm³/mol. The molecule has 0 aliphatic carbocycles. The van der Waals surface area contributed by atoms with E-state index in [1.807, 2.05) is 19.1 Å². The molecule has 0 aliphatic rings. The quantitative estimate of drug-likeness (QED) is 0.288. The van der Waals surface area contributed by atoms with Crippen LogP contribution in [-0.2, 0) is 20.0 Å². The summed E-state index contributed by atoms with van der Waals surface area (Å²) >= 11 is 0. The molecule has 4 aromatic carbocycles. The van der Waals surface area contributed by atoms with Crippen LogP contribution in [0.15, 0.2) is 107 Å². The van der Waals surface area contributed by atoms with Gasteiger partial charge in [-0.25, -0.2) is 16.8 Å². The van der Waals surface area contributed by atoms with E-state index >= 15 is 0 Å². The van der Waals surface area contributed by atoms with E-state index in [0.29, 0.717) is 28.2 Å². The molecule has 0 unspecified atom stereocenters. The molecule has 3 N–H and O–H groups in total. The molecular formula is C27H25N3O5S2. The van der Waals surface area contributed by atoms with E-state index in [4.69, 9.17) is 0 Å². The highest BCUT2D eigenvalue weighted by atomic mass is 32.2. The van der Waals surface area contributed by atoms with Crippen molar-refractivity contribution >= 4 is 43.0 Å². The van der Waals surface area contributed by atoms with E-state index in [-0.39, 0.29) is 9.79 Å². The molecule has 0 bridgehead atoms. The first kappa shape index (κ1) is 25.9. The number of hydrogen-bond donors (Lipinski definition) is 3. The van der Waals surface area contributed by atoms with Crippen LogP contribution in [0.3, 0.4) is 0 Å². The highest BCUT2D eigenvalue weighted by molar-refractivity contribution is 7.93. The Balaban J connectivity index is 1.43. The van der Waals surface area contributed by atoms with Crippen LogP contribution < -0.4 is 14.8 Å². The monoisotopic (exact) mass is 535 g/mol. The van der Waals surface area contributed by atoms with Crippen molar-refractivity contribution in [1.29, 1.82) is 0 Å². The molecule has 0 radical (unpaired) electrons. The molecule has 0 saturated heterocycles. The molecule has 4 aromatic rings. The van der Waals surface area contributed by atoms with E-state index in [1.165, 1.54) is 48.5 Å². The zero-order valence-electron chi connectivity index (χ0n) is 20.1. The minimum Gasteiger partial charge on any atom is -0.322 e. The Labute approximate surface area is 216 Å². The van der Waals surface area contributed by atoms with E-state index in [9.17, 15) is 21.6 Å². The molecule has 8 nitrogen and oxygen atoms in total. The van der Waals surface area contributed by atoms with Gasteiger partial charge in [-0.3, -0.25) is 14.2 Å². The van der Waals surface area contributed by atoms with Crippen molar-refractivity contribution in [3.05, 3.63) is 114 Å². The van der Waals surface area contributed by atoms with Gasteiger partial charge in [0, 0.05) is 16.9 Å². The van der Waals surface area contributed by atoms with Gasteiger partial charge >= 0.3 is 0 Å². The van der Waals surface area contributed by atoms with Crippen LogP contribution in [0, 0.1) is 13.8 Å². The van der Waals surface area contributed by atoms with Crippen LogP contribution in [0.2, 0.25) is 0 Å². The van der Waals surface area contributed by atoms with Gasteiger partial charge in [-0.2, -0.15) is 0 Å². The summed E-state index contributed by atoms with van der Waals surface area (Å²) in [4.78, 5) is 12.9. The molecule has 190 valence electrons. The Kier molecular flexibility index (Phi) is 7.33. The summed E-state index contributed by atoms with van der Waals surface area (Å²) in [5.41, 5.74) is 3.12. The lowest BCUT2D eigenvalue weighted by Gasteiger charge is -2.12. The summed E-state index contributed by atoms with van der Waals surface area (Å²) in [6, 6.07) is 25.4. The number of sulfonamides is 2. The summed E-state index contributed by atoms with van der Waals surface area (Å²) < 4.78 is 55.5. The van der Waals surface area contributed by atoms with Gasteiger partial charge in [0.05, 0.1) is 15.5 Å². The molecule has 0 saturated carbocycles. The lowest BCUT2D eigenvalue weighted by molar-refractivity contribution is 0.102. The van der Waals surface area contributed by atoms with Crippen LogP contribution in [0.25, 0.3) is 0 Å². The van der Waals surface area contributed by atoms with Gasteiger partial charge in [-0.05, 0) is 86.1 Å². The lowest BCUT2D eigenvalue weighted by atomic mass is 10.1. The Hall–Kier alpha value is -4.15. The highest BCUT2D eigenvalue weighted by Gasteiger charge is 2.17. The highest BCUT2D eigenvalue weighted by Crippen LogP contribution is 2.23. The second-order valence-corrected chi connectivity index (χ2v) is 11.8. The van der Waals surface area contributed by atoms with Crippen LogP contribution in [0.4, 0.5) is 17.1 Å². The molecule has 10 heteroatoms. The van der Waals surface area contributed by atoms with Crippen LogP contribution >= 0.6 is 0 Å². The molecule has 0 fully saturated rings. The summed E-state index contributed by atoms with van der Waals surface area (Å²) in [7, 11) is -7.55. The number of carbonyl (C=O) groups is 1. The molecule has 4 rings (SSSR count).